The number of carbonyl (C=O) groups excluding carboxylic acids is 2. The second-order valence-corrected chi connectivity index (χ2v) is 12.5. The third kappa shape index (κ3) is 9.11. The first-order chi connectivity index (χ1) is 19.4. The molecule has 0 heterocycles. The van der Waals surface area contributed by atoms with Gasteiger partial charge in [0, 0.05) is 24.0 Å². The van der Waals surface area contributed by atoms with Crippen molar-refractivity contribution in [2.45, 2.75) is 45.3 Å². The topological polar surface area (TPSA) is 96.0 Å². The van der Waals surface area contributed by atoms with Crippen molar-refractivity contribution in [2.75, 3.05) is 24.2 Å². The summed E-state index contributed by atoms with van der Waals surface area (Å²) in [6, 6.07) is 19.8. The summed E-state index contributed by atoms with van der Waals surface area (Å²) in [7, 11) is -2.43. The van der Waals surface area contributed by atoms with E-state index in [0.717, 1.165) is 16.1 Å². The molecule has 0 saturated heterocycles. The molecule has 220 valence electrons. The number of halogens is 2. The number of nitrogens with one attached hydrogen (secondary N) is 1. The molecule has 3 rings (SSSR count). The van der Waals surface area contributed by atoms with Crippen molar-refractivity contribution in [3.8, 4) is 5.75 Å². The zero-order chi connectivity index (χ0) is 30.2. The Balaban J connectivity index is 2.10. The lowest BCUT2D eigenvalue weighted by atomic mass is 10.0. The number of ether oxygens (including phenoxy) is 1. The standard InChI is InChI=1S/C30H35Cl2N3O5S/c1-5-21(2)33-30(37)28(17-22-10-7-6-8-11-22)34(19-23-12-9-13-25(16-23)40-3)29(36)20-35(41(4,38)39)27-18-24(31)14-15-26(27)32/h6-16,18,21,28H,5,17,19-20H2,1-4H3,(H,33,37)/t21-,28+/m0/s1. The predicted molar refractivity (Wildman–Crippen MR) is 164 cm³/mol. The molecule has 3 aromatic carbocycles. The van der Waals surface area contributed by atoms with E-state index < -0.39 is 28.5 Å². The molecule has 8 nitrogen and oxygen atoms in total. The van der Waals surface area contributed by atoms with E-state index in [-0.39, 0.29) is 40.6 Å². The molecule has 0 spiro atoms. The first-order valence-electron chi connectivity index (χ1n) is 13.1. The van der Waals surface area contributed by atoms with E-state index in [2.05, 4.69) is 5.32 Å². The summed E-state index contributed by atoms with van der Waals surface area (Å²) < 4.78 is 32.1. The van der Waals surface area contributed by atoms with Crippen LogP contribution in [0.1, 0.15) is 31.4 Å². The smallest absolute Gasteiger partial charge is 0.244 e. The third-order valence-electron chi connectivity index (χ3n) is 6.62. The largest absolute Gasteiger partial charge is 0.497 e. The van der Waals surface area contributed by atoms with Gasteiger partial charge < -0.3 is 15.0 Å². The number of methoxy groups -OCH3 is 1. The Labute approximate surface area is 252 Å². The molecule has 0 saturated carbocycles. The highest BCUT2D eigenvalue weighted by molar-refractivity contribution is 7.92. The Morgan fingerprint density at radius 1 is 0.976 bits per heavy atom. The highest BCUT2D eigenvalue weighted by atomic mass is 35.5. The molecule has 0 aliphatic carbocycles. The fourth-order valence-corrected chi connectivity index (χ4v) is 5.52. The van der Waals surface area contributed by atoms with Gasteiger partial charge in [0.25, 0.3) is 0 Å². The zero-order valence-corrected chi connectivity index (χ0v) is 25.8. The number of hydrogen-bond donors (Lipinski definition) is 1. The fraction of sp³-hybridized carbons (Fsp3) is 0.333. The Bertz CT molecular complexity index is 1450. The van der Waals surface area contributed by atoms with E-state index in [0.29, 0.717) is 17.7 Å². The van der Waals surface area contributed by atoms with Gasteiger partial charge in [-0.3, -0.25) is 13.9 Å². The molecule has 0 unspecified atom stereocenters. The van der Waals surface area contributed by atoms with Gasteiger partial charge in [-0.1, -0.05) is 72.6 Å². The second-order valence-electron chi connectivity index (χ2n) is 9.76. The van der Waals surface area contributed by atoms with Crippen LogP contribution in [0.5, 0.6) is 5.75 Å². The molecule has 1 N–H and O–H groups in total. The van der Waals surface area contributed by atoms with E-state index in [1.807, 2.05) is 50.2 Å². The van der Waals surface area contributed by atoms with Gasteiger partial charge in [0.2, 0.25) is 21.8 Å². The third-order valence-corrected chi connectivity index (χ3v) is 8.30. The van der Waals surface area contributed by atoms with Gasteiger partial charge in [0.05, 0.1) is 24.1 Å². The molecule has 0 aromatic heterocycles. The number of amides is 2. The van der Waals surface area contributed by atoms with Gasteiger partial charge >= 0.3 is 0 Å². The van der Waals surface area contributed by atoms with Crippen LogP contribution in [0.3, 0.4) is 0 Å². The van der Waals surface area contributed by atoms with Crippen LogP contribution in [0.2, 0.25) is 10.0 Å². The minimum Gasteiger partial charge on any atom is -0.497 e. The van der Waals surface area contributed by atoms with Crippen molar-refractivity contribution in [2.24, 2.45) is 0 Å². The molecule has 0 aliphatic rings. The Kier molecular flexibility index (Phi) is 11.5. The Morgan fingerprint density at radius 3 is 2.29 bits per heavy atom. The summed E-state index contributed by atoms with van der Waals surface area (Å²) in [6.07, 6.45) is 1.90. The lowest BCUT2D eigenvalue weighted by Crippen LogP contribution is -2.54. The highest BCUT2D eigenvalue weighted by Crippen LogP contribution is 2.31. The SMILES string of the molecule is CC[C@H](C)NC(=O)[C@@H](Cc1ccccc1)N(Cc1cccc(OC)c1)C(=O)CN(c1cc(Cl)ccc1Cl)S(C)(=O)=O. The summed E-state index contributed by atoms with van der Waals surface area (Å²) in [5.74, 6) is -0.345. The number of nitrogens with zero attached hydrogens (tertiary/aromatic N) is 2. The van der Waals surface area contributed by atoms with Crippen molar-refractivity contribution in [3.05, 3.63) is 94.0 Å². The van der Waals surface area contributed by atoms with Crippen LogP contribution in [-0.2, 0) is 32.6 Å². The van der Waals surface area contributed by atoms with Gasteiger partial charge in [-0.2, -0.15) is 0 Å². The minimum absolute atomic E-state index is 0.0301. The van der Waals surface area contributed by atoms with E-state index in [1.54, 1.807) is 25.3 Å². The normalized spacial score (nSPS) is 12.7. The molecule has 2 atom stereocenters. The molecule has 11 heteroatoms. The summed E-state index contributed by atoms with van der Waals surface area (Å²) in [5, 5.41) is 3.37. The zero-order valence-electron chi connectivity index (χ0n) is 23.5. The lowest BCUT2D eigenvalue weighted by Gasteiger charge is -2.34. The Morgan fingerprint density at radius 2 is 1.66 bits per heavy atom. The lowest BCUT2D eigenvalue weighted by molar-refractivity contribution is -0.140. The number of anilines is 1. The van der Waals surface area contributed by atoms with Crippen LogP contribution in [-0.4, -0.2) is 57.1 Å². The van der Waals surface area contributed by atoms with Crippen LogP contribution in [0.4, 0.5) is 5.69 Å². The number of sulfonamides is 1. The van der Waals surface area contributed by atoms with Gasteiger partial charge in [0.15, 0.2) is 0 Å². The molecule has 3 aromatic rings. The van der Waals surface area contributed by atoms with E-state index in [9.17, 15) is 18.0 Å². The first kappa shape index (κ1) is 32.2. The number of benzene rings is 3. The van der Waals surface area contributed by atoms with E-state index >= 15 is 0 Å². The quantitative estimate of drug-likeness (QED) is 0.279. The van der Waals surface area contributed by atoms with Crippen molar-refractivity contribution >= 4 is 50.7 Å². The van der Waals surface area contributed by atoms with Gasteiger partial charge in [0.1, 0.15) is 18.3 Å². The summed E-state index contributed by atoms with van der Waals surface area (Å²) >= 11 is 12.5. The average molecular weight is 621 g/mol. The number of carbonyl (C=O) groups is 2. The van der Waals surface area contributed by atoms with Gasteiger partial charge in [-0.25, -0.2) is 8.42 Å². The maximum absolute atomic E-state index is 14.2. The maximum Gasteiger partial charge on any atom is 0.244 e. The van der Waals surface area contributed by atoms with Crippen molar-refractivity contribution in [1.29, 1.82) is 0 Å². The highest BCUT2D eigenvalue weighted by Gasteiger charge is 2.34. The van der Waals surface area contributed by atoms with Crippen LogP contribution in [0.15, 0.2) is 72.8 Å². The molecule has 0 fully saturated rings. The van der Waals surface area contributed by atoms with Crippen LogP contribution >= 0.6 is 23.2 Å². The number of rotatable bonds is 13. The summed E-state index contributed by atoms with van der Waals surface area (Å²) in [6.45, 7) is 3.28. The van der Waals surface area contributed by atoms with Gasteiger partial charge in [-0.15, -0.1) is 0 Å². The second kappa shape index (κ2) is 14.6. The molecule has 41 heavy (non-hydrogen) atoms. The van der Waals surface area contributed by atoms with Gasteiger partial charge in [-0.05, 0) is 54.8 Å². The molecular weight excluding hydrogens is 585 g/mol. The molecule has 2 amide bonds. The van der Waals surface area contributed by atoms with E-state index in [4.69, 9.17) is 27.9 Å². The average Bonchev–Trinajstić information content (AvgIpc) is 2.94. The summed E-state index contributed by atoms with van der Waals surface area (Å²) in [5.41, 5.74) is 1.62. The minimum atomic E-state index is -3.97. The van der Waals surface area contributed by atoms with Crippen molar-refractivity contribution in [3.63, 3.8) is 0 Å². The predicted octanol–water partition coefficient (Wildman–Crippen LogP) is 5.32. The fourth-order valence-electron chi connectivity index (χ4n) is 4.23. The molecule has 0 radical (unpaired) electrons. The van der Waals surface area contributed by atoms with Crippen molar-refractivity contribution in [1.82, 2.24) is 10.2 Å². The molecular formula is C30H35Cl2N3O5S. The van der Waals surface area contributed by atoms with E-state index in [1.165, 1.54) is 23.1 Å². The first-order valence-corrected chi connectivity index (χ1v) is 15.7. The molecule has 0 aliphatic heterocycles. The monoisotopic (exact) mass is 619 g/mol. The number of hydrogen-bond acceptors (Lipinski definition) is 5. The van der Waals surface area contributed by atoms with Crippen LogP contribution in [0.25, 0.3) is 0 Å². The van der Waals surface area contributed by atoms with Crippen LogP contribution < -0.4 is 14.4 Å². The molecule has 0 bridgehead atoms. The Hall–Kier alpha value is -3.27. The summed E-state index contributed by atoms with van der Waals surface area (Å²) in [4.78, 5) is 29.3. The van der Waals surface area contributed by atoms with Crippen molar-refractivity contribution < 1.29 is 22.7 Å². The van der Waals surface area contributed by atoms with Crippen LogP contribution in [0, 0.1) is 0 Å². The maximum atomic E-state index is 14.2.